The monoisotopic (exact) mass is 284 g/mol. The third kappa shape index (κ3) is 2.17. The van der Waals surface area contributed by atoms with Crippen molar-refractivity contribution in [3.05, 3.63) is 57.9 Å². The van der Waals surface area contributed by atoms with Gasteiger partial charge in [0.2, 0.25) is 0 Å². The number of aromatic nitrogens is 1. The van der Waals surface area contributed by atoms with Gasteiger partial charge in [-0.3, -0.25) is 0 Å². The maximum absolute atomic E-state index is 6.01. The first-order valence-corrected chi connectivity index (χ1v) is 7.86. The Morgan fingerprint density at radius 1 is 1.20 bits per heavy atom. The average Bonchev–Trinajstić information content (AvgIpc) is 3.08. The molecule has 0 radical (unpaired) electrons. The highest BCUT2D eigenvalue weighted by atomic mass is 32.1. The summed E-state index contributed by atoms with van der Waals surface area (Å²) in [5, 5.41) is 3.50. The summed E-state index contributed by atoms with van der Waals surface area (Å²) >= 11 is 1.81. The fourth-order valence-electron chi connectivity index (χ4n) is 2.93. The van der Waals surface area contributed by atoms with Crippen LogP contribution in [0.3, 0.4) is 0 Å². The lowest BCUT2D eigenvalue weighted by Gasteiger charge is -2.13. The van der Waals surface area contributed by atoms with E-state index in [1.165, 1.54) is 27.0 Å². The van der Waals surface area contributed by atoms with Gasteiger partial charge in [0.25, 0.3) is 0 Å². The fraction of sp³-hybridized carbons (Fsp3) is 0.294. The second kappa shape index (κ2) is 5.43. The topological polar surface area (TPSA) is 30.9 Å². The molecule has 2 heterocycles. The Balaban J connectivity index is 2.04. The van der Waals surface area contributed by atoms with E-state index in [1.807, 2.05) is 0 Å². The molecule has 0 fully saturated rings. The lowest BCUT2D eigenvalue weighted by molar-refractivity contribution is 0.703. The van der Waals surface area contributed by atoms with E-state index in [-0.39, 0.29) is 0 Å². The summed E-state index contributed by atoms with van der Waals surface area (Å²) in [5.74, 6) is 0.416. The van der Waals surface area contributed by atoms with Crippen LogP contribution in [0.15, 0.2) is 41.8 Å². The minimum absolute atomic E-state index is 0.416. The number of para-hydroxylation sites is 1. The van der Waals surface area contributed by atoms with E-state index in [0.717, 1.165) is 6.42 Å². The van der Waals surface area contributed by atoms with Crippen LogP contribution in [0, 0.1) is 6.92 Å². The highest BCUT2D eigenvalue weighted by Crippen LogP contribution is 2.31. The Kier molecular flexibility index (Phi) is 3.64. The van der Waals surface area contributed by atoms with Gasteiger partial charge in [0, 0.05) is 41.0 Å². The Bertz CT molecular complexity index is 710. The molecule has 3 rings (SSSR count). The van der Waals surface area contributed by atoms with Crippen LogP contribution in [-0.2, 0) is 13.5 Å². The third-order valence-electron chi connectivity index (χ3n) is 4.21. The van der Waals surface area contributed by atoms with Gasteiger partial charge in [0.05, 0.1) is 0 Å². The Labute approximate surface area is 123 Å². The number of thiophene rings is 1. The van der Waals surface area contributed by atoms with Gasteiger partial charge < -0.3 is 10.3 Å². The molecule has 3 heteroatoms. The number of fused-ring (bicyclic) bond motifs is 1. The molecule has 0 aliphatic rings. The van der Waals surface area contributed by atoms with E-state index in [0.29, 0.717) is 12.5 Å². The molecule has 0 aliphatic heterocycles. The maximum Gasteiger partial charge on any atom is 0.0482 e. The highest BCUT2D eigenvalue weighted by molar-refractivity contribution is 7.10. The Morgan fingerprint density at radius 3 is 2.70 bits per heavy atom. The van der Waals surface area contributed by atoms with E-state index >= 15 is 0 Å². The van der Waals surface area contributed by atoms with Gasteiger partial charge in [-0.05, 0) is 36.4 Å². The zero-order chi connectivity index (χ0) is 14.1. The van der Waals surface area contributed by atoms with Gasteiger partial charge in [0.1, 0.15) is 0 Å². The first kappa shape index (κ1) is 13.4. The van der Waals surface area contributed by atoms with Crippen LogP contribution >= 0.6 is 11.3 Å². The van der Waals surface area contributed by atoms with Crippen LogP contribution in [0.1, 0.15) is 22.1 Å². The van der Waals surface area contributed by atoms with Crippen molar-refractivity contribution in [1.29, 1.82) is 0 Å². The molecule has 0 spiro atoms. The second-order valence-electron chi connectivity index (χ2n) is 5.29. The van der Waals surface area contributed by atoms with Crippen LogP contribution in [0.5, 0.6) is 0 Å². The van der Waals surface area contributed by atoms with E-state index < -0.39 is 0 Å². The summed E-state index contributed by atoms with van der Waals surface area (Å²) in [4.78, 5) is 1.39. The number of hydrogen-bond donors (Lipinski definition) is 1. The first-order chi connectivity index (χ1) is 9.72. The number of hydrogen-bond acceptors (Lipinski definition) is 2. The fourth-order valence-corrected chi connectivity index (χ4v) is 3.77. The number of nitrogens with zero attached hydrogens (tertiary/aromatic N) is 1. The molecule has 2 aromatic heterocycles. The van der Waals surface area contributed by atoms with Crippen molar-refractivity contribution < 1.29 is 0 Å². The molecule has 0 saturated heterocycles. The van der Waals surface area contributed by atoms with Crippen LogP contribution in [0.4, 0.5) is 0 Å². The zero-order valence-electron chi connectivity index (χ0n) is 12.0. The van der Waals surface area contributed by atoms with Crippen molar-refractivity contribution >= 4 is 22.2 Å². The molecule has 0 bridgehead atoms. The van der Waals surface area contributed by atoms with Gasteiger partial charge in [-0.1, -0.05) is 24.3 Å². The van der Waals surface area contributed by atoms with Crippen LogP contribution in [0.2, 0.25) is 0 Å². The van der Waals surface area contributed by atoms with Crippen molar-refractivity contribution in [2.24, 2.45) is 12.8 Å². The van der Waals surface area contributed by atoms with Gasteiger partial charge >= 0.3 is 0 Å². The summed E-state index contributed by atoms with van der Waals surface area (Å²) in [6.07, 6.45) is 1.02. The van der Waals surface area contributed by atoms with Gasteiger partial charge in [-0.2, -0.15) is 0 Å². The average molecular weight is 284 g/mol. The summed E-state index contributed by atoms with van der Waals surface area (Å²) in [5.41, 5.74) is 10.1. The molecule has 1 atom stereocenters. The first-order valence-electron chi connectivity index (χ1n) is 6.98. The van der Waals surface area contributed by atoms with Crippen molar-refractivity contribution in [2.75, 3.05) is 6.54 Å². The zero-order valence-corrected chi connectivity index (χ0v) is 12.8. The molecule has 104 valence electrons. The number of nitrogens with two attached hydrogens (primary N) is 1. The molecule has 3 aromatic rings. The van der Waals surface area contributed by atoms with Crippen molar-refractivity contribution in [3.8, 4) is 0 Å². The Morgan fingerprint density at radius 2 is 2.00 bits per heavy atom. The van der Waals surface area contributed by atoms with Crippen LogP contribution in [0.25, 0.3) is 10.9 Å². The largest absolute Gasteiger partial charge is 0.348 e. The van der Waals surface area contributed by atoms with Crippen LogP contribution < -0.4 is 5.73 Å². The lowest BCUT2D eigenvalue weighted by Crippen LogP contribution is -2.14. The SMILES string of the molecule is Cc1c(CC(CN)c2cccs2)c2ccccc2n1C. The van der Waals surface area contributed by atoms with E-state index in [1.54, 1.807) is 11.3 Å². The van der Waals surface area contributed by atoms with Crippen molar-refractivity contribution in [3.63, 3.8) is 0 Å². The van der Waals surface area contributed by atoms with Crippen LogP contribution in [-0.4, -0.2) is 11.1 Å². The standard InChI is InChI=1S/C17H20N2S/c1-12-15(10-13(11-18)17-8-5-9-20-17)14-6-3-4-7-16(14)19(12)2/h3-9,13H,10-11,18H2,1-2H3. The molecule has 1 unspecified atom stereocenters. The minimum atomic E-state index is 0.416. The number of benzene rings is 1. The van der Waals surface area contributed by atoms with Crippen molar-refractivity contribution in [2.45, 2.75) is 19.3 Å². The molecule has 0 amide bonds. The molecule has 0 aliphatic carbocycles. The molecule has 2 nitrogen and oxygen atoms in total. The normalized spacial score (nSPS) is 12.9. The molecule has 2 N–H and O–H groups in total. The predicted octanol–water partition coefficient (Wildman–Crippen LogP) is 3.83. The summed E-state index contributed by atoms with van der Waals surface area (Å²) in [7, 11) is 2.14. The van der Waals surface area contributed by atoms with Crippen molar-refractivity contribution in [1.82, 2.24) is 4.57 Å². The van der Waals surface area contributed by atoms with E-state index in [2.05, 4.69) is 60.3 Å². The number of aryl methyl sites for hydroxylation is 1. The lowest BCUT2D eigenvalue weighted by atomic mass is 9.96. The van der Waals surface area contributed by atoms with Gasteiger partial charge in [-0.15, -0.1) is 11.3 Å². The summed E-state index contributed by atoms with van der Waals surface area (Å²) in [6, 6.07) is 12.9. The molecular weight excluding hydrogens is 264 g/mol. The molecule has 0 saturated carbocycles. The summed E-state index contributed by atoms with van der Waals surface area (Å²) < 4.78 is 2.28. The molecular formula is C17H20N2S. The summed E-state index contributed by atoms with van der Waals surface area (Å²) in [6.45, 7) is 2.90. The number of rotatable bonds is 4. The van der Waals surface area contributed by atoms with E-state index in [9.17, 15) is 0 Å². The molecule has 20 heavy (non-hydrogen) atoms. The smallest absolute Gasteiger partial charge is 0.0482 e. The maximum atomic E-state index is 6.01. The van der Waals surface area contributed by atoms with Gasteiger partial charge in [0.15, 0.2) is 0 Å². The highest BCUT2D eigenvalue weighted by Gasteiger charge is 2.17. The third-order valence-corrected chi connectivity index (χ3v) is 5.25. The van der Waals surface area contributed by atoms with E-state index in [4.69, 9.17) is 5.73 Å². The van der Waals surface area contributed by atoms with Gasteiger partial charge in [-0.25, -0.2) is 0 Å². The molecule has 1 aromatic carbocycles. The quantitative estimate of drug-likeness (QED) is 0.775. The minimum Gasteiger partial charge on any atom is -0.348 e. The Hall–Kier alpha value is -1.58. The predicted molar refractivity (Wildman–Crippen MR) is 87.5 cm³/mol. The second-order valence-corrected chi connectivity index (χ2v) is 6.27.